The van der Waals surface area contributed by atoms with Crippen LogP contribution in [0.5, 0.6) is 0 Å². The predicted octanol–water partition coefficient (Wildman–Crippen LogP) is 2.00. The number of nitrogens with two attached hydrogens (primary N) is 1. The summed E-state index contributed by atoms with van der Waals surface area (Å²) in [6.07, 6.45) is -2.77. The number of rotatable bonds is 2. The fourth-order valence-electron chi connectivity index (χ4n) is 1.07. The van der Waals surface area contributed by atoms with Gasteiger partial charge in [0.2, 0.25) is 0 Å². The molecule has 0 aliphatic carbocycles. The van der Waals surface area contributed by atoms with Crippen LogP contribution in [-0.4, -0.2) is 4.98 Å². The van der Waals surface area contributed by atoms with Gasteiger partial charge in [0.05, 0.1) is 5.56 Å². The number of alkyl halides is 2. The van der Waals surface area contributed by atoms with E-state index >= 15 is 0 Å². The molecule has 2 N–H and O–H groups in total. The van der Waals surface area contributed by atoms with Gasteiger partial charge in [0.1, 0.15) is 11.2 Å². The molecule has 0 saturated heterocycles. The number of hydrogen-bond donors (Lipinski definition) is 1. The quantitative estimate of drug-likeness (QED) is 0.771. The Morgan fingerprint density at radius 1 is 1.64 bits per heavy atom. The lowest BCUT2D eigenvalue weighted by Crippen LogP contribution is -2.06. The van der Waals surface area contributed by atoms with Crippen molar-refractivity contribution < 1.29 is 8.78 Å². The van der Waals surface area contributed by atoms with Crippen LogP contribution in [-0.2, 0) is 6.54 Å². The highest BCUT2D eigenvalue weighted by atomic mass is 35.5. The van der Waals surface area contributed by atoms with Gasteiger partial charge in [-0.3, -0.25) is 0 Å². The van der Waals surface area contributed by atoms with Crippen LogP contribution in [0.2, 0.25) is 5.15 Å². The standard InChI is InChI=1S/C8H6ClF2N3/c9-6-1-4(2-12)7(8(10)11)5(3-13)14-6/h1,8H,2,12H2. The van der Waals surface area contributed by atoms with E-state index in [1.54, 1.807) is 6.07 Å². The maximum atomic E-state index is 12.5. The maximum absolute atomic E-state index is 12.5. The number of nitriles is 1. The molecule has 0 bridgehead atoms. The Kier molecular flexibility index (Phi) is 3.33. The molecule has 1 aromatic rings. The van der Waals surface area contributed by atoms with Crippen LogP contribution >= 0.6 is 11.6 Å². The van der Waals surface area contributed by atoms with E-state index in [1.807, 2.05) is 0 Å². The molecule has 1 rings (SSSR count). The van der Waals surface area contributed by atoms with Crippen molar-refractivity contribution in [1.82, 2.24) is 4.98 Å². The molecule has 0 radical (unpaired) electrons. The molecular weight excluding hydrogens is 212 g/mol. The van der Waals surface area contributed by atoms with Crippen LogP contribution in [0, 0.1) is 11.3 Å². The first-order valence-corrected chi connectivity index (χ1v) is 4.05. The summed E-state index contributed by atoms with van der Waals surface area (Å²) in [5.74, 6) is 0. The van der Waals surface area contributed by atoms with Gasteiger partial charge in [-0.25, -0.2) is 13.8 Å². The third kappa shape index (κ3) is 1.97. The van der Waals surface area contributed by atoms with Crippen molar-refractivity contribution in [2.45, 2.75) is 13.0 Å². The van der Waals surface area contributed by atoms with E-state index in [2.05, 4.69) is 4.98 Å². The first kappa shape index (κ1) is 10.8. The summed E-state index contributed by atoms with van der Waals surface area (Å²) >= 11 is 5.52. The second kappa shape index (κ2) is 4.31. The molecule has 0 fully saturated rings. The molecule has 3 nitrogen and oxygen atoms in total. The lowest BCUT2D eigenvalue weighted by atomic mass is 10.1. The largest absolute Gasteiger partial charge is 0.326 e. The molecule has 6 heteroatoms. The Morgan fingerprint density at radius 3 is 2.71 bits per heavy atom. The molecule has 74 valence electrons. The van der Waals surface area contributed by atoms with E-state index < -0.39 is 12.0 Å². The van der Waals surface area contributed by atoms with Crippen LogP contribution in [0.4, 0.5) is 8.78 Å². The minimum absolute atomic E-state index is 0.00796. The van der Waals surface area contributed by atoms with E-state index in [0.717, 1.165) is 0 Å². The van der Waals surface area contributed by atoms with Gasteiger partial charge in [0.15, 0.2) is 5.69 Å². The van der Waals surface area contributed by atoms with Crippen molar-refractivity contribution in [3.63, 3.8) is 0 Å². The summed E-state index contributed by atoms with van der Waals surface area (Å²) in [6.45, 7) is -0.101. The number of pyridine rings is 1. The highest BCUT2D eigenvalue weighted by Gasteiger charge is 2.19. The topological polar surface area (TPSA) is 62.7 Å². The predicted molar refractivity (Wildman–Crippen MR) is 46.8 cm³/mol. The van der Waals surface area contributed by atoms with Crippen LogP contribution in [0.1, 0.15) is 23.2 Å². The lowest BCUT2D eigenvalue weighted by molar-refractivity contribution is 0.149. The van der Waals surface area contributed by atoms with E-state index in [1.165, 1.54) is 6.07 Å². The van der Waals surface area contributed by atoms with E-state index in [9.17, 15) is 8.78 Å². The Morgan fingerprint density at radius 2 is 2.29 bits per heavy atom. The molecule has 1 heterocycles. The molecule has 0 unspecified atom stereocenters. The second-order valence-electron chi connectivity index (χ2n) is 2.48. The van der Waals surface area contributed by atoms with Crippen LogP contribution in [0.15, 0.2) is 6.07 Å². The van der Waals surface area contributed by atoms with Crippen molar-refractivity contribution in [3.8, 4) is 6.07 Å². The summed E-state index contributed by atoms with van der Waals surface area (Å²) in [5.41, 5.74) is 4.60. The molecule has 0 aromatic carbocycles. The molecule has 0 aliphatic heterocycles. The first-order chi connectivity index (χ1) is 6.60. The summed E-state index contributed by atoms with van der Waals surface area (Å²) in [7, 11) is 0. The molecule has 0 amide bonds. The fraction of sp³-hybridized carbons (Fsp3) is 0.250. The molecule has 0 saturated carbocycles. The number of halogens is 3. The summed E-state index contributed by atoms with van der Waals surface area (Å²) in [4.78, 5) is 3.49. The van der Waals surface area contributed by atoms with E-state index in [0.29, 0.717) is 0 Å². The van der Waals surface area contributed by atoms with Crippen LogP contribution in [0.25, 0.3) is 0 Å². The minimum atomic E-state index is -2.77. The average molecular weight is 218 g/mol. The highest BCUT2D eigenvalue weighted by molar-refractivity contribution is 6.29. The van der Waals surface area contributed by atoms with E-state index in [4.69, 9.17) is 22.6 Å². The second-order valence-corrected chi connectivity index (χ2v) is 2.87. The smallest absolute Gasteiger partial charge is 0.266 e. The van der Waals surface area contributed by atoms with Gasteiger partial charge in [-0.1, -0.05) is 11.6 Å². The molecule has 1 aromatic heterocycles. The molecule has 0 atom stereocenters. The molecule has 0 aliphatic rings. The van der Waals surface area contributed by atoms with Crippen molar-refractivity contribution in [2.24, 2.45) is 5.73 Å². The summed E-state index contributed by atoms with van der Waals surface area (Å²) in [5, 5.41) is 8.56. The summed E-state index contributed by atoms with van der Waals surface area (Å²) < 4.78 is 25.0. The van der Waals surface area contributed by atoms with Gasteiger partial charge < -0.3 is 5.73 Å². The molecule has 14 heavy (non-hydrogen) atoms. The van der Waals surface area contributed by atoms with Crippen LogP contribution in [0.3, 0.4) is 0 Å². The van der Waals surface area contributed by atoms with Gasteiger partial charge in [0, 0.05) is 6.54 Å². The Hall–Kier alpha value is -1.25. The SMILES string of the molecule is N#Cc1nc(Cl)cc(CN)c1C(F)F. The fourth-order valence-corrected chi connectivity index (χ4v) is 1.29. The minimum Gasteiger partial charge on any atom is -0.326 e. The van der Waals surface area contributed by atoms with E-state index in [-0.39, 0.29) is 23.0 Å². The Bertz CT molecular complexity index is 387. The van der Waals surface area contributed by atoms with Crippen molar-refractivity contribution in [2.75, 3.05) is 0 Å². The van der Waals surface area contributed by atoms with Crippen molar-refractivity contribution in [1.29, 1.82) is 5.26 Å². The lowest BCUT2D eigenvalue weighted by Gasteiger charge is -2.08. The summed E-state index contributed by atoms with van der Waals surface area (Å²) in [6, 6.07) is 2.80. The van der Waals surface area contributed by atoms with Crippen LogP contribution < -0.4 is 5.73 Å². The van der Waals surface area contributed by atoms with Crippen molar-refractivity contribution >= 4 is 11.6 Å². The van der Waals surface area contributed by atoms with Gasteiger partial charge in [-0.15, -0.1) is 0 Å². The number of aromatic nitrogens is 1. The molecular formula is C8H6ClF2N3. The Labute approximate surface area is 84.1 Å². The monoisotopic (exact) mass is 217 g/mol. The normalized spacial score (nSPS) is 10.3. The van der Waals surface area contributed by atoms with Gasteiger partial charge >= 0.3 is 0 Å². The van der Waals surface area contributed by atoms with Gasteiger partial charge in [-0.05, 0) is 11.6 Å². The zero-order valence-corrected chi connectivity index (χ0v) is 7.72. The maximum Gasteiger partial charge on any atom is 0.266 e. The van der Waals surface area contributed by atoms with Gasteiger partial charge in [-0.2, -0.15) is 5.26 Å². The third-order valence-corrected chi connectivity index (χ3v) is 1.85. The zero-order chi connectivity index (χ0) is 10.7. The number of nitrogens with zero attached hydrogens (tertiary/aromatic N) is 2. The third-order valence-electron chi connectivity index (χ3n) is 1.66. The molecule has 0 spiro atoms. The average Bonchev–Trinajstić information content (AvgIpc) is 2.15. The Balaban J connectivity index is 3.42. The van der Waals surface area contributed by atoms with Gasteiger partial charge in [0.25, 0.3) is 6.43 Å². The first-order valence-electron chi connectivity index (χ1n) is 3.67. The number of hydrogen-bond acceptors (Lipinski definition) is 3. The highest BCUT2D eigenvalue weighted by Crippen LogP contribution is 2.27. The van der Waals surface area contributed by atoms with Crippen molar-refractivity contribution in [3.05, 3.63) is 28.0 Å². The zero-order valence-electron chi connectivity index (χ0n) is 6.97.